The highest BCUT2D eigenvalue weighted by atomic mass is 32.2. The summed E-state index contributed by atoms with van der Waals surface area (Å²) in [6, 6.07) is 24.5. The predicted molar refractivity (Wildman–Crippen MR) is 159 cm³/mol. The number of hydrogen-bond acceptors (Lipinski definition) is 5. The van der Waals surface area contributed by atoms with Crippen LogP contribution < -0.4 is 10.2 Å². The van der Waals surface area contributed by atoms with Gasteiger partial charge < -0.3 is 10.2 Å². The van der Waals surface area contributed by atoms with Gasteiger partial charge in [0.05, 0.1) is 10.6 Å². The zero-order valence-corrected chi connectivity index (χ0v) is 23.3. The molecule has 6 heteroatoms. The Bertz CT molecular complexity index is 1270. The van der Waals surface area contributed by atoms with E-state index in [0.717, 1.165) is 48.5 Å². The Morgan fingerprint density at radius 1 is 1.11 bits per heavy atom. The van der Waals surface area contributed by atoms with Crippen LogP contribution in [-0.4, -0.2) is 49.8 Å². The minimum Gasteiger partial charge on any atom is -0.369 e. The van der Waals surface area contributed by atoms with Crippen LogP contribution in [0.3, 0.4) is 0 Å². The number of hydrogen-bond donors (Lipinski definition) is 1. The highest BCUT2D eigenvalue weighted by Crippen LogP contribution is 2.35. The third-order valence-electron chi connectivity index (χ3n) is 7.01. The quantitative estimate of drug-likeness (QED) is 0.183. The highest BCUT2D eigenvalue weighted by Gasteiger charge is 2.23. The molecule has 5 nitrogen and oxygen atoms in total. The molecule has 4 rings (SSSR count). The van der Waals surface area contributed by atoms with Gasteiger partial charge in [0.25, 0.3) is 5.91 Å². The maximum absolute atomic E-state index is 12.7. The molecule has 1 fully saturated rings. The number of aldehydes is 1. The lowest BCUT2D eigenvalue weighted by atomic mass is 10.1. The van der Waals surface area contributed by atoms with Crippen molar-refractivity contribution in [3.63, 3.8) is 0 Å². The maximum atomic E-state index is 12.7. The van der Waals surface area contributed by atoms with Crippen LogP contribution in [0.4, 0.5) is 5.69 Å². The first-order chi connectivity index (χ1) is 18.5. The molecule has 1 saturated heterocycles. The van der Waals surface area contributed by atoms with Gasteiger partial charge in [0.15, 0.2) is 6.29 Å². The Hall–Kier alpha value is -3.35. The predicted octanol–water partition coefficient (Wildman–Crippen LogP) is 6.18. The molecule has 1 N–H and O–H groups in total. The van der Waals surface area contributed by atoms with E-state index >= 15 is 0 Å². The summed E-state index contributed by atoms with van der Waals surface area (Å²) >= 11 is 1.45. The summed E-state index contributed by atoms with van der Waals surface area (Å²) in [4.78, 5) is 30.9. The molecule has 38 heavy (non-hydrogen) atoms. The van der Waals surface area contributed by atoms with Crippen LogP contribution in [0, 0.1) is 6.92 Å². The first-order valence-electron chi connectivity index (χ1n) is 13.3. The Labute approximate surface area is 230 Å². The monoisotopic (exact) mass is 527 g/mol. The van der Waals surface area contributed by atoms with E-state index in [-0.39, 0.29) is 5.91 Å². The molecule has 0 spiro atoms. The number of rotatable bonds is 11. The van der Waals surface area contributed by atoms with E-state index in [0.29, 0.717) is 23.1 Å². The third kappa shape index (κ3) is 7.36. The largest absolute Gasteiger partial charge is 0.369 e. The van der Waals surface area contributed by atoms with Crippen LogP contribution in [0.1, 0.15) is 46.8 Å². The minimum atomic E-state index is -0.0564. The molecule has 1 unspecified atom stereocenters. The smallest absolute Gasteiger partial charge is 0.251 e. The Kier molecular flexibility index (Phi) is 9.79. The summed E-state index contributed by atoms with van der Waals surface area (Å²) in [5.41, 5.74) is 5.07. The molecule has 1 atom stereocenters. The van der Waals surface area contributed by atoms with Crippen molar-refractivity contribution >= 4 is 35.7 Å². The Morgan fingerprint density at radius 3 is 2.63 bits per heavy atom. The van der Waals surface area contributed by atoms with Crippen LogP contribution >= 0.6 is 11.8 Å². The number of carbonyl (C=O) groups excluding carboxylic acids is 2. The zero-order valence-electron chi connectivity index (χ0n) is 22.5. The molecule has 0 bridgehead atoms. The Morgan fingerprint density at radius 2 is 1.89 bits per heavy atom. The lowest BCUT2D eigenvalue weighted by molar-refractivity contribution is -0.104. The maximum Gasteiger partial charge on any atom is 0.251 e. The van der Waals surface area contributed by atoms with E-state index in [2.05, 4.69) is 66.3 Å². The van der Waals surface area contributed by atoms with Gasteiger partial charge in [0.1, 0.15) is 0 Å². The van der Waals surface area contributed by atoms with Gasteiger partial charge in [-0.3, -0.25) is 14.5 Å². The molecular formula is C32H37N3O2S. The fraction of sp³-hybridized carbons (Fsp3) is 0.312. The fourth-order valence-corrected chi connectivity index (χ4v) is 5.97. The standard InChI is InChI=1S/C32H37N3O2S/c1-4-35-18-8-11-28(35)21-33-32(37)27-16-14-25(15-17-27)20-29(23-36)38-31-13-6-5-12-30(31)34(3)22-26-10-7-9-24(2)19-26/h5-7,9-10,12-17,19-20,23,28H,4,8,11,18,21-22H2,1-3H3,(H,33,37)/b29-20-. The normalized spacial score (nSPS) is 15.9. The van der Waals surface area contributed by atoms with Gasteiger partial charge in [-0.15, -0.1) is 0 Å². The van der Waals surface area contributed by atoms with Gasteiger partial charge in [0, 0.05) is 36.6 Å². The molecule has 3 aromatic carbocycles. The number of carbonyl (C=O) groups is 2. The second-order valence-corrected chi connectivity index (χ2v) is 11.0. The number of likely N-dealkylation sites (N-methyl/N-ethyl adjacent to an activating group) is 1. The molecule has 0 saturated carbocycles. The fourth-order valence-electron chi connectivity index (χ4n) is 4.99. The lowest BCUT2D eigenvalue weighted by Gasteiger charge is -2.22. The van der Waals surface area contributed by atoms with E-state index < -0.39 is 0 Å². The summed E-state index contributed by atoms with van der Waals surface area (Å²) in [6.45, 7) is 7.86. The van der Waals surface area contributed by atoms with Gasteiger partial charge in [-0.05, 0) is 74.3 Å². The molecule has 198 valence electrons. The Balaban J connectivity index is 1.41. The second kappa shape index (κ2) is 13.4. The summed E-state index contributed by atoms with van der Waals surface area (Å²) in [5.74, 6) is -0.0564. The van der Waals surface area contributed by atoms with E-state index in [9.17, 15) is 9.59 Å². The molecule has 1 aliphatic rings. The number of allylic oxidation sites excluding steroid dienone is 1. The topological polar surface area (TPSA) is 52.7 Å². The van der Waals surface area contributed by atoms with Crippen LogP contribution in [-0.2, 0) is 11.3 Å². The lowest BCUT2D eigenvalue weighted by Crippen LogP contribution is -2.40. The molecule has 0 aromatic heterocycles. The molecule has 1 heterocycles. The number of aryl methyl sites for hydroxylation is 1. The number of benzene rings is 3. The summed E-state index contributed by atoms with van der Waals surface area (Å²) < 4.78 is 0. The molecule has 0 radical (unpaired) electrons. The van der Waals surface area contributed by atoms with Gasteiger partial charge >= 0.3 is 0 Å². The van der Waals surface area contributed by atoms with Crippen molar-refractivity contribution in [1.82, 2.24) is 10.2 Å². The number of thioether (sulfide) groups is 1. The number of nitrogens with one attached hydrogen (secondary N) is 1. The summed E-state index contributed by atoms with van der Waals surface area (Å²) in [7, 11) is 2.07. The van der Waals surface area contributed by atoms with Crippen LogP contribution in [0.15, 0.2) is 82.6 Å². The number of nitrogens with zero attached hydrogens (tertiary/aromatic N) is 2. The molecule has 1 amide bonds. The van der Waals surface area contributed by atoms with E-state index in [1.54, 1.807) is 0 Å². The van der Waals surface area contributed by atoms with Crippen LogP contribution in [0.5, 0.6) is 0 Å². The third-order valence-corrected chi connectivity index (χ3v) is 8.02. The van der Waals surface area contributed by atoms with Crippen LogP contribution in [0.2, 0.25) is 0 Å². The number of anilines is 1. The molecule has 1 aliphatic heterocycles. The number of para-hydroxylation sites is 1. The average Bonchev–Trinajstić information content (AvgIpc) is 3.39. The van der Waals surface area contributed by atoms with E-state index in [1.165, 1.54) is 29.3 Å². The number of amides is 1. The summed E-state index contributed by atoms with van der Waals surface area (Å²) in [6.07, 6.45) is 5.09. The zero-order chi connectivity index (χ0) is 26.9. The van der Waals surface area contributed by atoms with E-state index in [1.807, 2.05) is 48.5 Å². The van der Waals surface area contributed by atoms with Gasteiger partial charge in [-0.25, -0.2) is 0 Å². The summed E-state index contributed by atoms with van der Waals surface area (Å²) in [5, 5.41) is 3.09. The van der Waals surface area contributed by atoms with Gasteiger partial charge in [0.2, 0.25) is 0 Å². The van der Waals surface area contributed by atoms with Crippen molar-refractivity contribution in [2.75, 3.05) is 31.6 Å². The van der Waals surface area contributed by atoms with Crippen molar-refractivity contribution in [2.45, 2.75) is 44.2 Å². The van der Waals surface area contributed by atoms with Crippen molar-refractivity contribution in [2.24, 2.45) is 0 Å². The first kappa shape index (κ1) is 27.7. The molecule has 3 aromatic rings. The second-order valence-electron chi connectivity index (χ2n) is 9.84. The highest BCUT2D eigenvalue weighted by molar-refractivity contribution is 8.04. The van der Waals surface area contributed by atoms with Crippen LogP contribution in [0.25, 0.3) is 6.08 Å². The number of likely N-dealkylation sites (tertiary alicyclic amines) is 1. The SMILES string of the molecule is CCN1CCCC1CNC(=O)c1ccc(/C=C(/C=O)Sc2ccccc2N(C)Cc2cccc(C)c2)cc1. The van der Waals surface area contributed by atoms with Crippen molar-refractivity contribution in [3.05, 3.63) is 100.0 Å². The van der Waals surface area contributed by atoms with Gasteiger partial charge in [-0.1, -0.05) is 72.8 Å². The first-order valence-corrected chi connectivity index (χ1v) is 14.1. The van der Waals surface area contributed by atoms with Crippen molar-refractivity contribution in [1.29, 1.82) is 0 Å². The van der Waals surface area contributed by atoms with Crippen molar-refractivity contribution < 1.29 is 9.59 Å². The molecule has 0 aliphatic carbocycles. The average molecular weight is 528 g/mol. The minimum absolute atomic E-state index is 0.0564. The van der Waals surface area contributed by atoms with E-state index in [4.69, 9.17) is 0 Å². The van der Waals surface area contributed by atoms with Gasteiger partial charge in [-0.2, -0.15) is 0 Å². The van der Waals surface area contributed by atoms with Crippen molar-refractivity contribution in [3.8, 4) is 0 Å². The molecular weight excluding hydrogens is 490 g/mol.